The smallest absolute Gasteiger partial charge is 0.266 e. The Morgan fingerprint density at radius 2 is 1.82 bits per heavy atom. The molecule has 0 aliphatic rings. The van der Waals surface area contributed by atoms with Crippen LogP contribution in [0.5, 0.6) is 0 Å². The van der Waals surface area contributed by atoms with Crippen LogP contribution in [0, 0.1) is 39.0 Å². The van der Waals surface area contributed by atoms with Crippen LogP contribution in [0.15, 0.2) is 54.1 Å². The van der Waals surface area contributed by atoms with Crippen molar-refractivity contribution < 1.29 is 4.79 Å². The molecule has 1 heterocycles. The molecule has 0 spiro atoms. The molecule has 1 aromatic heterocycles. The molecule has 0 unspecified atom stereocenters. The minimum absolute atomic E-state index is 0.0405. The van der Waals surface area contributed by atoms with Crippen molar-refractivity contribution in [3.63, 3.8) is 0 Å². The molecule has 0 fully saturated rings. The van der Waals surface area contributed by atoms with Crippen molar-refractivity contribution in [2.75, 3.05) is 5.32 Å². The summed E-state index contributed by atoms with van der Waals surface area (Å²) in [7, 11) is 0. The second-order valence-corrected chi connectivity index (χ2v) is 6.77. The van der Waals surface area contributed by atoms with Gasteiger partial charge in [0.2, 0.25) is 0 Å². The molecule has 2 aromatic carbocycles. The van der Waals surface area contributed by atoms with E-state index in [1.165, 1.54) is 0 Å². The summed E-state index contributed by atoms with van der Waals surface area (Å²) >= 11 is 0. The van der Waals surface area contributed by atoms with Crippen molar-refractivity contribution >= 4 is 17.7 Å². The zero-order chi connectivity index (χ0) is 20.3. The molecule has 0 saturated carbocycles. The number of carbonyl (C=O) groups is 1. The minimum atomic E-state index is -0.430. The lowest BCUT2D eigenvalue weighted by Crippen LogP contribution is -2.14. The van der Waals surface area contributed by atoms with Crippen LogP contribution < -0.4 is 5.32 Å². The summed E-state index contributed by atoms with van der Waals surface area (Å²) in [6, 6.07) is 17.5. The number of amides is 1. The van der Waals surface area contributed by atoms with Gasteiger partial charge in [-0.05, 0) is 57.5 Å². The highest BCUT2D eigenvalue weighted by Gasteiger charge is 2.16. The summed E-state index contributed by atoms with van der Waals surface area (Å²) in [5.41, 5.74) is 6.14. The molecular formula is C23H22N4O. The Labute approximate surface area is 164 Å². The number of hydrogen-bond acceptors (Lipinski definition) is 3. The number of nitrogens with zero attached hydrogens (tertiary/aromatic N) is 3. The standard InChI is InChI=1S/C23H22N4O/c1-15-10-11-22(16(2)12-15)25-23(28)19(14-24)13-21-17(3)26-27(18(21)4)20-8-6-5-7-9-20/h5-13H,1-4H3,(H,25,28). The predicted molar refractivity (Wildman–Crippen MR) is 111 cm³/mol. The van der Waals surface area contributed by atoms with Crippen molar-refractivity contribution in [3.8, 4) is 11.8 Å². The minimum Gasteiger partial charge on any atom is -0.321 e. The molecule has 1 amide bonds. The Morgan fingerprint density at radius 1 is 1.11 bits per heavy atom. The lowest BCUT2D eigenvalue weighted by molar-refractivity contribution is -0.112. The number of aromatic nitrogens is 2. The molecule has 0 aliphatic heterocycles. The van der Waals surface area contributed by atoms with E-state index >= 15 is 0 Å². The van der Waals surface area contributed by atoms with Gasteiger partial charge in [0.05, 0.1) is 11.4 Å². The van der Waals surface area contributed by atoms with E-state index in [1.807, 2.05) is 87.0 Å². The summed E-state index contributed by atoms with van der Waals surface area (Å²) in [6.07, 6.45) is 1.61. The van der Waals surface area contributed by atoms with Gasteiger partial charge >= 0.3 is 0 Å². The monoisotopic (exact) mass is 370 g/mol. The van der Waals surface area contributed by atoms with Gasteiger partial charge in [-0.25, -0.2) is 4.68 Å². The Kier molecular flexibility index (Phi) is 5.42. The maximum Gasteiger partial charge on any atom is 0.266 e. The zero-order valence-corrected chi connectivity index (χ0v) is 16.4. The summed E-state index contributed by atoms with van der Waals surface area (Å²) in [6.45, 7) is 7.72. The number of benzene rings is 2. The van der Waals surface area contributed by atoms with E-state index in [1.54, 1.807) is 6.08 Å². The molecule has 0 bridgehead atoms. The zero-order valence-electron chi connectivity index (χ0n) is 16.4. The first kappa shape index (κ1) is 19.1. The van der Waals surface area contributed by atoms with Crippen LogP contribution in [0.1, 0.15) is 28.1 Å². The van der Waals surface area contributed by atoms with E-state index in [2.05, 4.69) is 10.4 Å². The third-order valence-corrected chi connectivity index (χ3v) is 4.63. The van der Waals surface area contributed by atoms with Gasteiger partial charge in [-0.15, -0.1) is 0 Å². The van der Waals surface area contributed by atoms with Crippen LogP contribution in [0.2, 0.25) is 0 Å². The average molecular weight is 370 g/mol. The molecule has 0 atom stereocenters. The molecule has 3 aromatic rings. The lowest BCUT2D eigenvalue weighted by Gasteiger charge is -2.08. The van der Waals surface area contributed by atoms with E-state index < -0.39 is 5.91 Å². The molecule has 0 saturated heterocycles. The molecule has 140 valence electrons. The van der Waals surface area contributed by atoms with Crippen molar-refractivity contribution in [1.82, 2.24) is 9.78 Å². The van der Waals surface area contributed by atoms with Gasteiger partial charge < -0.3 is 5.32 Å². The fourth-order valence-electron chi connectivity index (χ4n) is 3.12. The van der Waals surface area contributed by atoms with Crippen LogP contribution in [-0.4, -0.2) is 15.7 Å². The van der Waals surface area contributed by atoms with E-state index in [4.69, 9.17) is 0 Å². The highest BCUT2D eigenvalue weighted by atomic mass is 16.1. The van der Waals surface area contributed by atoms with Crippen molar-refractivity contribution in [2.24, 2.45) is 0 Å². The van der Waals surface area contributed by atoms with Crippen LogP contribution in [0.25, 0.3) is 11.8 Å². The molecule has 1 N–H and O–H groups in total. The number of aryl methyl sites for hydroxylation is 3. The summed E-state index contributed by atoms with van der Waals surface area (Å²) in [5.74, 6) is -0.430. The van der Waals surface area contributed by atoms with Gasteiger partial charge in [0.1, 0.15) is 11.6 Å². The van der Waals surface area contributed by atoms with Crippen molar-refractivity contribution in [1.29, 1.82) is 5.26 Å². The maximum absolute atomic E-state index is 12.7. The number of anilines is 1. The molecule has 3 rings (SSSR count). The Bertz CT molecular complexity index is 1100. The van der Waals surface area contributed by atoms with Crippen LogP contribution in [0.4, 0.5) is 5.69 Å². The molecule has 5 nitrogen and oxygen atoms in total. The molecule has 5 heteroatoms. The SMILES string of the molecule is Cc1ccc(NC(=O)C(C#N)=Cc2c(C)nn(-c3ccccc3)c2C)c(C)c1. The van der Waals surface area contributed by atoms with Crippen LogP contribution >= 0.6 is 0 Å². The van der Waals surface area contributed by atoms with Crippen molar-refractivity contribution in [2.45, 2.75) is 27.7 Å². The fraction of sp³-hybridized carbons (Fsp3) is 0.174. The Hall–Kier alpha value is -3.65. The van der Waals surface area contributed by atoms with Gasteiger partial charge in [0.15, 0.2) is 0 Å². The van der Waals surface area contributed by atoms with Gasteiger partial charge in [-0.1, -0.05) is 35.9 Å². The van der Waals surface area contributed by atoms with E-state index in [-0.39, 0.29) is 5.57 Å². The average Bonchev–Trinajstić information content (AvgIpc) is 2.96. The van der Waals surface area contributed by atoms with Crippen molar-refractivity contribution in [3.05, 3.63) is 82.2 Å². The fourth-order valence-corrected chi connectivity index (χ4v) is 3.12. The normalized spacial score (nSPS) is 11.2. The first-order valence-corrected chi connectivity index (χ1v) is 9.02. The number of nitriles is 1. The Morgan fingerprint density at radius 3 is 2.46 bits per heavy atom. The molecule has 28 heavy (non-hydrogen) atoms. The topological polar surface area (TPSA) is 70.7 Å². The van der Waals surface area contributed by atoms with Crippen LogP contribution in [-0.2, 0) is 4.79 Å². The van der Waals surface area contributed by atoms with E-state index in [0.717, 1.165) is 33.8 Å². The van der Waals surface area contributed by atoms with Gasteiger partial charge in [0.25, 0.3) is 5.91 Å². The van der Waals surface area contributed by atoms with E-state index in [0.29, 0.717) is 5.69 Å². The van der Waals surface area contributed by atoms with Crippen LogP contribution in [0.3, 0.4) is 0 Å². The second-order valence-electron chi connectivity index (χ2n) is 6.77. The van der Waals surface area contributed by atoms with Gasteiger partial charge in [0, 0.05) is 16.9 Å². The summed E-state index contributed by atoms with van der Waals surface area (Å²) < 4.78 is 1.82. The number of nitrogens with one attached hydrogen (secondary N) is 1. The molecule has 0 aliphatic carbocycles. The summed E-state index contributed by atoms with van der Waals surface area (Å²) in [5, 5.41) is 16.9. The quantitative estimate of drug-likeness (QED) is 0.537. The number of rotatable bonds is 4. The predicted octanol–water partition coefficient (Wildman–Crippen LogP) is 4.65. The molecule has 0 radical (unpaired) electrons. The largest absolute Gasteiger partial charge is 0.321 e. The third kappa shape index (κ3) is 3.86. The summed E-state index contributed by atoms with van der Waals surface area (Å²) in [4.78, 5) is 12.7. The number of para-hydroxylation sites is 1. The lowest BCUT2D eigenvalue weighted by atomic mass is 10.1. The number of carbonyl (C=O) groups excluding carboxylic acids is 1. The number of hydrogen-bond donors (Lipinski definition) is 1. The maximum atomic E-state index is 12.7. The van der Waals surface area contributed by atoms with Gasteiger partial charge in [-0.2, -0.15) is 10.4 Å². The highest BCUT2D eigenvalue weighted by molar-refractivity contribution is 6.10. The highest BCUT2D eigenvalue weighted by Crippen LogP contribution is 2.22. The second kappa shape index (κ2) is 7.93. The first-order chi connectivity index (χ1) is 13.4. The Balaban J connectivity index is 1.94. The van der Waals surface area contributed by atoms with E-state index in [9.17, 15) is 10.1 Å². The molecular weight excluding hydrogens is 348 g/mol. The van der Waals surface area contributed by atoms with Gasteiger partial charge in [-0.3, -0.25) is 4.79 Å². The first-order valence-electron chi connectivity index (χ1n) is 9.02. The third-order valence-electron chi connectivity index (χ3n) is 4.63.